The molecule has 8 heteroatoms. The maximum atomic E-state index is 6.01. The van der Waals surface area contributed by atoms with Gasteiger partial charge in [-0.05, 0) is 37.0 Å². The molecule has 0 amide bonds. The smallest absolute Gasteiger partial charge is 0.182 e. The fourth-order valence-electron chi connectivity index (χ4n) is 3.13. The van der Waals surface area contributed by atoms with Gasteiger partial charge >= 0.3 is 0 Å². The van der Waals surface area contributed by atoms with Crippen molar-refractivity contribution in [3.63, 3.8) is 0 Å². The zero-order valence-electron chi connectivity index (χ0n) is 13.5. The summed E-state index contributed by atoms with van der Waals surface area (Å²) in [7, 11) is 0. The van der Waals surface area contributed by atoms with Crippen LogP contribution in [0, 0.1) is 5.92 Å². The lowest BCUT2D eigenvalue weighted by Gasteiger charge is -2.32. The summed E-state index contributed by atoms with van der Waals surface area (Å²) in [5, 5.41) is 1.18. The van der Waals surface area contributed by atoms with Crippen LogP contribution in [0.15, 0.2) is 30.9 Å². The summed E-state index contributed by atoms with van der Waals surface area (Å²) in [5.41, 5.74) is 1.60. The van der Waals surface area contributed by atoms with Gasteiger partial charge in [0.15, 0.2) is 11.5 Å². The maximum absolute atomic E-state index is 6.01. The molecule has 0 aliphatic carbocycles. The van der Waals surface area contributed by atoms with E-state index < -0.39 is 0 Å². The predicted octanol–water partition coefficient (Wildman–Crippen LogP) is 3.96. The molecule has 1 saturated heterocycles. The molecule has 0 bridgehead atoms. The second-order valence-electron chi connectivity index (χ2n) is 6.14. The summed E-state index contributed by atoms with van der Waals surface area (Å²) in [5.74, 6) is 2.13. The van der Waals surface area contributed by atoms with Crippen LogP contribution in [0.3, 0.4) is 0 Å². The van der Waals surface area contributed by atoms with Crippen molar-refractivity contribution in [2.24, 2.45) is 5.92 Å². The van der Waals surface area contributed by atoms with Crippen LogP contribution in [0.25, 0.3) is 11.2 Å². The predicted molar refractivity (Wildman–Crippen MR) is 98.6 cm³/mol. The van der Waals surface area contributed by atoms with Gasteiger partial charge in [-0.25, -0.2) is 15.0 Å². The van der Waals surface area contributed by atoms with Gasteiger partial charge in [0.05, 0.1) is 12.9 Å². The number of hydrogen-bond acceptors (Lipinski definition) is 5. The monoisotopic (exact) mass is 377 g/mol. The van der Waals surface area contributed by atoms with Gasteiger partial charge in [-0.2, -0.15) is 0 Å². The number of benzene rings is 1. The summed E-state index contributed by atoms with van der Waals surface area (Å²) in [4.78, 5) is 18.2. The summed E-state index contributed by atoms with van der Waals surface area (Å²) >= 11 is 12.0. The average Bonchev–Trinajstić information content (AvgIpc) is 3.08. The summed E-state index contributed by atoms with van der Waals surface area (Å²) in [6.45, 7) is 2.51. The first-order chi connectivity index (χ1) is 12.2. The number of aromatic nitrogens is 4. The third-order valence-electron chi connectivity index (χ3n) is 4.44. The van der Waals surface area contributed by atoms with Crippen LogP contribution in [0.1, 0.15) is 12.8 Å². The molecule has 0 unspecified atom stereocenters. The van der Waals surface area contributed by atoms with Crippen LogP contribution in [-0.2, 0) is 0 Å². The van der Waals surface area contributed by atoms with Crippen molar-refractivity contribution in [1.82, 2.24) is 19.9 Å². The van der Waals surface area contributed by atoms with Gasteiger partial charge in [-0.15, -0.1) is 0 Å². The molecule has 25 heavy (non-hydrogen) atoms. The quantitative estimate of drug-likeness (QED) is 0.745. The van der Waals surface area contributed by atoms with Crippen LogP contribution >= 0.6 is 23.2 Å². The van der Waals surface area contributed by atoms with E-state index in [0.717, 1.165) is 43.0 Å². The molecule has 1 aromatic carbocycles. The largest absolute Gasteiger partial charge is 0.493 e. The highest BCUT2D eigenvalue weighted by Crippen LogP contribution is 2.28. The van der Waals surface area contributed by atoms with Crippen molar-refractivity contribution in [2.45, 2.75) is 12.8 Å². The minimum Gasteiger partial charge on any atom is -0.493 e. The molecule has 0 radical (unpaired) electrons. The molecule has 1 fully saturated rings. The highest BCUT2D eigenvalue weighted by atomic mass is 35.5. The van der Waals surface area contributed by atoms with Crippen molar-refractivity contribution >= 4 is 40.2 Å². The zero-order chi connectivity index (χ0) is 17.2. The number of nitrogens with zero attached hydrogens (tertiary/aromatic N) is 4. The number of ether oxygens (including phenoxy) is 1. The summed E-state index contributed by atoms with van der Waals surface area (Å²) in [6, 6.07) is 5.28. The first-order valence-corrected chi connectivity index (χ1v) is 8.92. The summed E-state index contributed by atoms with van der Waals surface area (Å²) < 4.78 is 5.88. The van der Waals surface area contributed by atoms with E-state index in [1.807, 2.05) is 0 Å². The fourth-order valence-corrected chi connectivity index (χ4v) is 3.64. The average molecular weight is 378 g/mol. The van der Waals surface area contributed by atoms with Gasteiger partial charge < -0.3 is 14.6 Å². The minimum absolute atomic E-state index is 0.494. The van der Waals surface area contributed by atoms with Crippen LogP contribution in [0.4, 0.5) is 5.82 Å². The maximum Gasteiger partial charge on any atom is 0.182 e. The Hall–Kier alpha value is -2.05. The van der Waals surface area contributed by atoms with Gasteiger partial charge in [0.1, 0.15) is 17.6 Å². The van der Waals surface area contributed by atoms with Crippen molar-refractivity contribution in [3.8, 4) is 5.75 Å². The third kappa shape index (κ3) is 3.65. The molecule has 0 saturated carbocycles. The number of piperidine rings is 1. The Kier molecular flexibility index (Phi) is 4.63. The first-order valence-electron chi connectivity index (χ1n) is 8.17. The molecule has 0 atom stereocenters. The Labute approximate surface area is 155 Å². The lowest BCUT2D eigenvalue weighted by atomic mass is 9.98. The van der Waals surface area contributed by atoms with E-state index in [1.165, 1.54) is 0 Å². The van der Waals surface area contributed by atoms with Crippen LogP contribution in [0.2, 0.25) is 10.0 Å². The molecule has 4 rings (SSSR count). The molecule has 1 N–H and O–H groups in total. The van der Waals surface area contributed by atoms with Crippen LogP contribution in [0.5, 0.6) is 5.75 Å². The topological polar surface area (TPSA) is 66.9 Å². The molecule has 1 aliphatic rings. The second kappa shape index (κ2) is 7.06. The van der Waals surface area contributed by atoms with Crippen molar-refractivity contribution in [2.75, 3.05) is 24.6 Å². The standard InChI is InChI=1S/C17H17Cl2N5O/c18-12-5-13(19)7-14(6-12)25-8-11-1-3-24(4-2-11)17-15-16(21-9-20-15)22-10-23-17/h5-7,9-11H,1-4,8H2,(H,20,21,22,23). The normalized spacial score (nSPS) is 15.7. The SMILES string of the molecule is Clc1cc(Cl)cc(OCC2CCN(c3ncnc4nc[nH]c34)CC2)c1. The second-order valence-corrected chi connectivity index (χ2v) is 7.02. The molecular weight excluding hydrogens is 361 g/mol. The van der Waals surface area contributed by atoms with E-state index in [4.69, 9.17) is 27.9 Å². The number of halogens is 2. The Morgan fingerprint density at radius 3 is 2.60 bits per heavy atom. The number of imidazole rings is 1. The summed E-state index contributed by atoms with van der Waals surface area (Å²) in [6.07, 6.45) is 5.29. The molecular formula is C17H17Cl2N5O. The Bertz CT molecular complexity index is 856. The molecule has 6 nitrogen and oxygen atoms in total. The van der Waals surface area contributed by atoms with Gasteiger partial charge in [0.25, 0.3) is 0 Å². The fraction of sp³-hybridized carbons (Fsp3) is 0.353. The Morgan fingerprint density at radius 2 is 1.84 bits per heavy atom. The van der Waals surface area contributed by atoms with E-state index >= 15 is 0 Å². The molecule has 1 aliphatic heterocycles. The lowest BCUT2D eigenvalue weighted by Crippen LogP contribution is -2.36. The van der Waals surface area contributed by atoms with E-state index in [-0.39, 0.29) is 0 Å². The van der Waals surface area contributed by atoms with Crippen molar-refractivity contribution in [3.05, 3.63) is 40.9 Å². The van der Waals surface area contributed by atoms with E-state index in [2.05, 4.69) is 24.8 Å². The minimum atomic E-state index is 0.494. The molecule has 2 aromatic heterocycles. The molecule has 3 aromatic rings. The molecule has 3 heterocycles. The van der Waals surface area contributed by atoms with E-state index in [1.54, 1.807) is 30.9 Å². The number of anilines is 1. The molecule has 130 valence electrons. The highest BCUT2D eigenvalue weighted by Gasteiger charge is 2.22. The van der Waals surface area contributed by atoms with Crippen LogP contribution < -0.4 is 9.64 Å². The third-order valence-corrected chi connectivity index (χ3v) is 4.88. The number of rotatable bonds is 4. The Morgan fingerprint density at radius 1 is 1.08 bits per heavy atom. The highest BCUT2D eigenvalue weighted by molar-refractivity contribution is 6.34. The lowest BCUT2D eigenvalue weighted by molar-refractivity contribution is 0.223. The van der Waals surface area contributed by atoms with Crippen molar-refractivity contribution in [1.29, 1.82) is 0 Å². The number of aromatic amines is 1. The van der Waals surface area contributed by atoms with Crippen LogP contribution in [-0.4, -0.2) is 39.6 Å². The first kappa shape index (κ1) is 16.4. The van der Waals surface area contributed by atoms with Gasteiger partial charge in [0, 0.05) is 23.1 Å². The number of hydrogen-bond donors (Lipinski definition) is 1. The molecule has 0 spiro atoms. The number of H-pyrrole nitrogens is 1. The number of nitrogens with one attached hydrogen (secondary N) is 1. The van der Waals surface area contributed by atoms with Gasteiger partial charge in [-0.3, -0.25) is 0 Å². The Balaban J connectivity index is 1.36. The van der Waals surface area contributed by atoms with E-state index in [0.29, 0.717) is 28.2 Å². The number of fused-ring (bicyclic) bond motifs is 1. The van der Waals surface area contributed by atoms with Gasteiger partial charge in [0.2, 0.25) is 0 Å². The van der Waals surface area contributed by atoms with E-state index in [9.17, 15) is 0 Å². The van der Waals surface area contributed by atoms with Crippen molar-refractivity contribution < 1.29 is 4.74 Å². The van der Waals surface area contributed by atoms with Gasteiger partial charge in [-0.1, -0.05) is 23.2 Å². The zero-order valence-corrected chi connectivity index (χ0v) is 15.0.